The van der Waals surface area contributed by atoms with Crippen LogP contribution in [0.25, 0.3) is 0 Å². The van der Waals surface area contributed by atoms with Crippen LogP contribution < -0.4 is 10.6 Å². The Labute approximate surface area is 102 Å². The van der Waals surface area contributed by atoms with Crippen LogP contribution in [-0.4, -0.2) is 33.2 Å². The van der Waals surface area contributed by atoms with E-state index in [2.05, 4.69) is 20.2 Å². The third-order valence-corrected chi connectivity index (χ3v) is 3.11. The Morgan fingerprint density at radius 3 is 2.76 bits per heavy atom. The topological polar surface area (TPSA) is 104 Å². The molecule has 0 aliphatic carbocycles. The minimum atomic E-state index is -0.955. The van der Waals surface area contributed by atoms with Crippen LogP contribution in [0.2, 0.25) is 0 Å². The van der Waals surface area contributed by atoms with Crippen LogP contribution in [0.5, 0.6) is 0 Å². The average molecular weight is 258 g/mol. The van der Waals surface area contributed by atoms with Crippen molar-refractivity contribution in [1.29, 1.82) is 0 Å². The highest BCUT2D eigenvalue weighted by molar-refractivity contribution is 7.10. The van der Waals surface area contributed by atoms with Crippen molar-refractivity contribution in [3.05, 3.63) is 6.20 Å². The van der Waals surface area contributed by atoms with E-state index in [9.17, 15) is 9.59 Å². The predicted molar refractivity (Wildman–Crippen MR) is 63.0 cm³/mol. The molecule has 8 heteroatoms. The Hall–Kier alpha value is -1.70. The second-order valence-electron chi connectivity index (χ2n) is 3.81. The van der Waals surface area contributed by atoms with Gasteiger partial charge in [-0.25, -0.2) is 4.79 Å². The summed E-state index contributed by atoms with van der Waals surface area (Å²) in [6.07, 6.45) is 1.85. The van der Waals surface area contributed by atoms with E-state index in [0.717, 1.165) is 11.5 Å². The fourth-order valence-electron chi connectivity index (χ4n) is 1.01. The average Bonchev–Trinajstić information content (AvgIpc) is 2.78. The van der Waals surface area contributed by atoms with E-state index in [1.165, 1.54) is 6.20 Å². The monoisotopic (exact) mass is 258 g/mol. The quantitative estimate of drug-likeness (QED) is 0.735. The highest BCUT2D eigenvalue weighted by Gasteiger charge is 2.31. The number of carboxylic acid groups (broad SMARTS) is 1. The minimum Gasteiger partial charge on any atom is -0.481 e. The Balaban J connectivity index is 2.45. The summed E-state index contributed by atoms with van der Waals surface area (Å²) in [6, 6.07) is -0.461. The fourth-order valence-corrected chi connectivity index (χ4v) is 1.42. The van der Waals surface area contributed by atoms with Crippen molar-refractivity contribution < 1.29 is 14.7 Å². The third-order valence-electron chi connectivity index (χ3n) is 2.53. The van der Waals surface area contributed by atoms with Crippen molar-refractivity contribution in [2.45, 2.75) is 20.3 Å². The summed E-state index contributed by atoms with van der Waals surface area (Å²) < 4.78 is 3.58. The van der Waals surface area contributed by atoms with E-state index in [1.54, 1.807) is 13.8 Å². The van der Waals surface area contributed by atoms with Crippen molar-refractivity contribution in [3.8, 4) is 0 Å². The van der Waals surface area contributed by atoms with Crippen LogP contribution in [-0.2, 0) is 4.79 Å². The van der Waals surface area contributed by atoms with E-state index in [-0.39, 0.29) is 6.54 Å². The molecule has 1 rings (SSSR count). The molecule has 0 aliphatic rings. The number of carbonyl (C=O) groups excluding carboxylic acids is 1. The number of hydrogen-bond donors (Lipinski definition) is 3. The van der Waals surface area contributed by atoms with Gasteiger partial charge in [0.2, 0.25) is 0 Å². The van der Waals surface area contributed by atoms with Crippen molar-refractivity contribution in [3.63, 3.8) is 0 Å². The van der Waals surface area contributed by atoms with Gasteiger partial charge in [0.1, 0.15) is 5.00 Å². The van der Waals surface area contributed by atoms with Crippen molar-refractivity contribution in [2.75, 3.05) is 11.9 Å². The summed E-state index contributed by atoms with van der Waals surface area (Å²) in [7, 11) is 0. The minimum absolute atomic E-state index is 0.0664. The van der Waals surface area contributed by atoms with Crippen LogP contribution >= 0.6 is 11.5 Å². The molecule has 1 aromatic rings. The van der Waals surface area contributed by atoms with Gasteiger partial charge in [-0.2, -0.15) is 0 Å². The number of rotatable bonds is 5. The lowest BCUT2D eigenvalue weighted by Gasteiger charge is -2.23. The number of carbonyl (C=O) groups is 2. The number of hydrogen-bond acceptors (Lipinski definition) is 5. The summed E-state index contributed by atoms with van der Waals surface area (Å²) in [5.41, 5.74) is -0.955. The largest absolute Gasteiger partial charge is 0.481 e. The molecular weight excluding hydrogens is 244 g/mol. The van der Waals surface area contributed by atoms with Gasteiger partial charge < -0.3 is 10.4 Å². The second kappa shape index (κ2) is 5.58. The lowest BCUT2D eigenvalue weighted by atomic mass is 9.88. The zero-order valence-electron chi connectivity index (χ0n) is 9.56. The van der Waals surface area contributed by atoms with E-state index in [1.807, 2.05) is 0 Å². The van der Waals surface area contributed by atoms with Crippen LogP contribution in [0.4, 0.5) is 9.80 Å². The molecule has 0 saturated carbocycles. The molecule has 0 fully saturated rings. The molecule has 7 nitrogen and oxygen atoms in total. The predicted octanol–water partition coefficient (Wildman–Crippen LogP) is 1.16. The lowest BCUT2D eigenvalue weighted by molar-refractivity contribution is -0.147. The maximum absolute atomic E-state index is 11.4. The van der Waals surface area contributed by atoms with Gasteiger partial charge in [-0.05, 0) is 13.3 Å². The standard InChI is InChI=1S/C9H14N4O3S/c1-3-9(2,7(14)15)5-10-8(16)12-6-4-11-13-17-6/h4H,3,5H2,1-2H3,(H,14,15)(H2,10,12,16). The molecule has 0 spiro atoms. The summed E-state index contributed by atoms with van der Waals surface area (Å²) in [4.78, 5) is 22.4. The molecule has 2 amide bonds. The smallest absolute Gasteiger partial charge is 0.319 e. The molecule has 0 radical (unpaired) electrons. The SMILES string of the molecule is CCC(C)(CNC(=O)Nc1cnns1)C(=O)O. The summed E-state index contributed by atoms with van der Waals surface area (Å²) in [6.45, 7) is 3.42. The van der Waals surface area contributed by atoms with Gasteiger partial charge in [0.25, 0.3) is 0 Å². The second-order valence-corrected chi connectivity index (χ2v) is 4.59. The molecular formula is C9H14N4O3S. The number of aromatic nitrogens is 2. The molecule has 3 N–H and O–H groups in total. The lowest BCUT2D eigenvalue weighted by Crippen LogP contribution is -2.42. The summed E-state index contributed by atoms with van der Waals surface area (Å²) >= 11 is 1.05. The molecule has 0 saturated heterocycles. The number of urea groups is 1. The van der Waals surface area contributed by atoms with Gasteiger partial charge in [-0.15, -0.1) is 5.10 Å². The molecule has 1 unspecified atom stereocenters. The van der Waals surface area contributed by atoms with Crippen molar-refractivity contribution >= 4 is 28.5 Å². The Morgan fingerprint density at radius 1 is 1.59 bits per heavy atom. The maximum Gasteiger partial charge on any atom is 0.319 e. The number of amides is 2. The van der Waals surface area contributed by atoms with Gasteiger partial charge in [-0.1, -0.05) is 11.4 Å². The number of anilines is 1. The van der Waals surface area contributed by atoms with E-state index in [4.69, 9.17) is 5.11 Å². The Kier molecular flexibility index (Phi) is 4.38. The van der Waals surface area contributed by atoms with Gasteiger partial charge in [-0.3, -0.25) is 10.1 Å². The molecule has 17 heavy (non-hydrogen) atoms. The van der Waals surface area contributed by atoms with E-state index < -0.39 is 17.4 Å². The van der Waals surface area contributed by atoms with Crippen LogP contribution in [0.1, 0.15) is 20.3 Å². The number of aliphatic carboxylic acids is 1. The molecule has 0 aromatic carbocycles. The molecule has 1 atom stereocenters. The highest BCUT2D eigenvalue weighted by atomic mass is 32.1. The zero-order valence-corrected chi connectivity index (χ0v) is 10.4. The molecule has 94 valence electrons. The molecule has 0 bridgehead atoms. The van der Waals surface area contributed by atoms with Crippen molar-refractivity contribution in [1.82, 2.24) is 14.9 Å². The van der Waals surface area contributed by atoms with E-state index >= 15 is 0 Å². The first-order valence-electron chi connectivity index (χ1n) is 5.03. The van der Waals surface area contributed by atoms with Crippen LogP contribution in [0.15, 0.2) is 6.20 Å². The zero-order chi connectivity index (χ0) is 12.9. The molecule has 1 aromatic heterocycles. The Bertz CT molecular complexity index is 395. The van der Waals surface area contributed by atoms with Gasteiger partial charge in [0.05, 0.1) is 11.6 Å². The van der Waals surface area contributed by atoms with Gasteiger partial charge >= 0.3 is 12.0 Å². The van der Waals surface area contributed by atoms with Gasteiger partial charge in [0.15, 0.2) is 0 Å². The van der Waals surface area contributed by atoms with Gasteiger partial charge in [0, 0.05) is 18.1 Å². The number of carboxylic acids is 1. The van der Waals surface area contributed by atoms with Crippen LogP contribution in [0, 0.1) is 5.41 Å². The van der Waals surface area contributed by atoms with Crippen molar-refractivity contribution in [2.24, 2.45) is 5.41 Å². The molecule has 1 heterocycles. The van der Waals surface area contributed by atoms with E-state index in [0.29, 0.717) is 11.4 Å². The number of nitrogens with zero attached hydrogens (tertiary/aromatic N) is 2. The first-order valence-corrected chi connectivity index (χ1v) is 5.81. The fraction of sp³-hybridized carbons (Fsp3) is 0.556. The highest BCUT2D eigenvalue weighted by Crippen LogP contribution is 2.20. The van der Waals surface area contributed by atoms with Crippen LogP contribution in [0.3, 0.4) is 0 Å². The third kappa shape index (κ3) is 3.66. The first kappa shape index (κ1) is 13.4. The summed E-state index contributed by atoms with van der Waals surface area (Å²) in [5.74, 6) is -0.931. The first-order chi connectivity index (χ1) is 7.98. The maximum atomic E-state index is 11.4. The number of nitrogens with one attached hydrogen (secondary N) is 2. The summed E-state index contributed by atoms with van der Waals surface area (Å²) in [5, 5.41) is 18.1. The molecule has 0 aliphatic heterocycles. The normalized spacial score (nSPS) is 13.8. The Morgan fingerprint density at radius 2 is 2.29 bits per heavy atom.